The van der Waals surface area contributed by atoms with Gasteiger partial charge in [-0.2, -0.15) is 0 Å². The van der Waals surface area contributed by atoms with Crippen molar-refractivity contribution in [3.63, 3.8) is 0 Å². The molecule has 0 N–H and O–H groups in total. The average Bonchev–Trinajstić information content (AvgIpc) is 1.96. The summed E-state index contributed by atoms with van der Waals surface area (Å²) < 4.78 is 9.18. The van der Waals surface area contributed by atoms with Crippen LogP contribution in [0.15, 0.2) is 11.8 Å². The Bertz CT molecular complexity index is 205. The molecule has 0 saturated carbocycles. The van der Waals surface area contributed by atoms with Gasteiger partial charge in [-0.05, 0) is 12.5 Å². The molecule has 0 rings (SSSR count). The van der Waals surface area contributed by atoms with Crippen LogP contribution in [0, 0.1) is 0 Å². The Labute approximate surface area is 71.2 Å². The predicted molar refractivity (Wildman–Crippen MR) is 42.2 cm³/mol. The van der Waals surface area contributed by atoms with Crippen LogP contribution in [0.25, 0.3) is 0 Å². The van der Waals surface area contributed by atoms with Crippen molar-refractivity contribution in [2.75, 3.05) is 6.61 Å². The lowest BCUT2D eigenvalue weighted by molar-refractivity contribution is -0.139. The molecule has 0 spiro atoms. The van der Waals surface area contributed by atoms with Crippen LogP contribution >= 0.6 is 0 Å². The third-order valence-corrected chi connectivity index (χ3v) is 0.929. The van der Waals surface area contributed by atoms with E-state index in [9.17, 15) is 9.59 Å². The zero-order valence-corrected chi connectivity index (χ0v) is 7.42. The summed E-state index contributed by atoms with van der Waals surface area (Å²) in [7, 11) is 0. The van der Waals surface area contributed by atoms with Gasteiger partial charge >= 0.3 is 11.9 Å². The molecule has 0 aliphatic heterocycles. The van der Waals surface area contributed by atoms with Crippen molar-refractivity contribution in [3.05, 3.63) is 11.8 Å². The first-order valence-corrected chi connectivity index (χ1v) is 3.48. The summed E-state index contributed by atoms with van der Waals surface area (Å²) in [5.41, 5.74) is 0.681. The molecule has 0 fully saturated rings. The quantitative estimate of drug-likeness (QED) is 0.471. The Kier molecular flexibility index (Phi) is 4.76. The standard InChI is InChI=1S/C8H12O4/c1-6(4-11-7(2)9)5-12-8(3)10/h4H,5H2,1-3H3. The lowest BCUT2D eigenvalue weighted by Gasteiger charge is -2.00. The second kappa shape index (κ2) is 5.35. The molecule has 0 amide bonds. The van der Waals surface area contributed by atoms with E-state index in [1.165, 1.54) is 20.1 Å². The Balaban J connectivity index is 3.70. The highest BCUT2D eigenvalue weighted by molar-refractivity contribution is 5.67. The van der Waals surface area contributed by atoms with Gasteiger partial charge < -0.3 is 9.47 Å². The van der Waals surface area contributed by atoms with E-state index in [0.717, 1.165) is 0 Å². The van der Waals surface area contributed by atoms with E-state index in [1.807, 2.05) is 0 Å². The van der Waals surface area contributed by atoms with Crippen molar-refractivity contribution in [2.24, 2.45) is 0 Å². The first-order chi connectivity index (χ1) is 5.52. The molecule has 0 heterocycles. The van der Waals surface area contributed by atoms with E-state index in [2.05, 4.69) is 9.47 Å². The summed E-state index contributed by atoms with van der Waals surface area (Å²) in [4.78, 5) is 20.6. The number of rotatable bonds is 3. The number of ether oxygens (including phenoxy) is 2. The summed E-state index contributed by atoms with van der Waals surface area (Å²) >= 11 is 0. The molecule has 0 saturated heterocycles. The molecule has 12 heavy (non-hydrogen) atoms. The zero-order valence-electron chi connectivity index (χ0n) is 7.42. The SMILES string of the molecule is CC(=O)OC=C(C)COC(C)=O. The Morgan fingerprint density at radius 1 is 1.17 bits per heavy atom. The van der Waals surface area contributed by atoms with Crippen LogP contribution in [0.4, 0.5) is 0 Å². The second-order valence-corrected chi connectivity index (χ2v) is 2.35. The molecule has 0 bridgehead atoms. The van der Waals surface area contributed by atoms with Crippen molar-refractivity contribution in [2.45, 2.75) is 20.8 Å². The van der Waals surface area contributed by atoms with Gasteiger partial charge in [-0.15, -0.1) is 0 Å². The second-order valence-electron chi connectivity index (χ2n) is 2.35. The Morgan fingerprint density at radius 2 is 1.75 bits per heavy atom. The molecule has 0 atom stereocenters. The summed E-state index contributed by atoms with van der Waals surface area (Å²) in [5, 5.41) is 0. The number of hydrogen-bond acceptors (Lipinski definition) is 4. The fourth-order valence-corrected chi connectivity index (χ4v) is 0.433. The van der Waals surface area contributed by atoms with Gasteiger partial charge in [0.1, 0.15) is 6.61 Å². The van der Waals surface area contributed by atoms with Crippen LogP contribution in [0.1, 0.15) is 20.8 Å². The number of hydrogen-bond donors (Lipinski definition) is 0. The molecule has 0 aromatic carbocycles. The first-order valence-electron chi connectivity index (χ1n) is 3.48. The fourth-order valence-electron chi connectivity index (χ4n) is 0.433. The number of carbonyl (C=O) groups is 2. The van der Waals surface area contributed by atoms with Gasteiger partial charge in [0.05, 0.1) is 6.26 Å². The third-order valence-electron chi connectivity index (χ3n) is 0.929. The summed E-state index contributed by atoms with van der Waals surface area (Å²) in [6.45, 7) is 4.48. The van der Waals surface area contributed by atoms with E-state index >= 15 is 0 Å². The van der Waals surface area contributed by atoms with Crippen molar-refractivity contribution in [3.8, 4) is 0 Å². The molecule has 4 nitrogen and oxygen atoms in total. The maximum atomic E-state index is 10.3. The zero-order chi connectivity index (χ0) is 9.56. The molecule has 0 aromatic rings. The van der Waals surface area contributed by atoms with E-state index in [1.54, 1.807) is 6.92 Å². The highest BCUT2D eigenvalue weighted by atomic mass is 16.5. The molecule has 0 aliphatic carbocycles. The molecule has 0 radical (unpaired) electrons. The molecular weight excluding hydrogens is 160 g/mol. The molecule has 68 valence electrons. The van der Waals surface area contributed by atoms with Gasteiger partial charge in [-0.3, -0.25) is 9.59 Å². The smallest absolute Gasteiger partial charge is 0.307 e. The normalized spacial score (nSPS) is 10.8. The van der Waals surface area contributed by atoms with Gasteiger partial charge in [-0.25, -0.2) is 0 Å². The van der Waals surface area contributed by atoms with E-state index in [-0.39, 0.29) is 12.6 Å². The fraction of sp³-hybridized carbons (Fsp3) is 0.500. The monoisotopic (exact) mass is 172 g/mol. The van der Waals surface area contributed by atoms with Gasteiger partial charge in [0.2, 0.25) is 0 Å². The van der Waals surface area contributed by atoms with Crippen molar-refractivity contribution in [1.29, 1.82) is 0 Å². The van der Waals surface area contributed by atoms with Crippen LogP contribution in [0.2, 0.25) is 0 Å². The van der Waals surface area contributed by atoms with Gasteiger partial charge in [0, 0.05) is 13.8 Å². The first kappa shape index (κ1) is 10.7. The maximum absolute atomic E-state index is 10.3. The third kappa shape index (κ3) is 6.80. The minimum absolute atomic E-state index is 0.155. The Morgan fingerprint density at radius 3 is 2.17 bits per heavy atom. The molecule has 4 heteroatoms. The predicted octanol–water partition coefficient (Wildman–Crippen LogP) is 1.02. The lowest BCUT2D eigenvalue weighted by atomic mass is 10.4. The lowest BCUT2D eigenvalue weighted by Crippen LogP contribution is -2.02. The van der Waals surface area contributed by atoms with Crippen molar-refractivity contribution in [1.82, 2.24) is 0 Å². The summed E-state index contributed by atoms with van der Waals surface area (Å²) in [5.74, 6) is -0.747. The minimum atomic E-state index is -0.392. The van der Waals surface area contributed by atoms with Crippen LogP contribution in [0.3, 0.4) is 0 Å². The summed E-state index contributed by atoms with van der Waals surface area (Å²) in [6, 6.07) is 0. The maximum Gasteiger partial charge on any atom is 0.307 e. The highest BCUT2D eigenvalue weighted by Gasteiger charge is 1.95. The number of carbonyl (C=O) groups excluding carboxylic acids is 2. The molecular formula is C8H12O4. The average molecular weight is 172 g/mol. The van der Waals surface area contributed by atoms with E-state index < -0.39 is 5.97 Å². The van der Waals surface area contributed by atoms with Crippen molar-refractivity contribution < 1.29 is 19.1 Å². The number of esters is 2. The van der Waals surface area contributed by atoms with E-state index in [0.29, 0.717) is 5.57 Å². The topological polar surface area (TPSA) is 52.6 Å². The Hall–Kier alpha value is -1.32. The van der Waals surface area contributed by atoms with Crippen LogP contribution in [-0.2, 0) is 19.1 Å². The van der Waals surface area contributed by atoms with Crippen molar-refractivity contribution >= 4 is 11.9 Å². The van der Waals surface area contributed by atoms with Gasteiger partial charge in [-0.1, -0.05) is 0 Å². The van der Waals surface area contributed by atoms with Gasteiger partial charge in [0.15, 0.2) is 0 Å². The molecule has 0 unspecified atom stereocenters. The van der Waals surface area contributed by atoms with Crippen LogP contribution < -0.4 is 0 Å². The highest BCUT2D eigenvalue weighted by Crippen LogP contribution is 1.94. The largest absolute Gasteiger partial charge is 0.461 e. The van der Waals surface area contributed by atoms with E-state index in [4.69, 9.17) is 0 Å². The van der Waals surface area contributed by atoms with Gasteiger partial charge in [0.25, 0.3) is 0 Å². The van der Waals surface area contributed by atoms with Crippen LogP contribution in [0.5, 0.6) is 0 Å². The minimum Gasteiger partial charge on any atom is -0.461 e. The molecule has 0 aromatic heterocycles. The van der Waals surface area contributed by atoms with Crippen LogP contribution in [-0.4, -0.2) is 18.5 Å². The molecule has 0 aliphatic rings. The summed E-state index contributed by atoms with van der Waals surface area (Å²) in [6.07, 6.45) is 1.27.